The van der Waals surface area contributed by atoms with Gasteiger partial charge in [0.2, 0.25) is 0 Å². The fourth-order valence-corrected chi connectivity index (χ4v) is 2.08. The average Bonchev–Trinajstić information content (AvgIpc) is 2.42. The van der Waals surface area contributed by atoms with E-state index < -0.39 is 0 Å². The minimum atomic E-state index is -0.377. The van der Waals surface area contributed by atoms with Gasteiger partial charge in [0.15, 0.2) is 0 Å². The second kappa shape index (κ2) is 5.68. The maximum atomic E-state index is 12.2. The molecule has 0 amide bonds. The van der Waals surface area contributed by atoms with E-state index in [1.807, 2.05) is 37.3 Å². The van der Waals surface area contributed by atoms with Crippen LogP contribution in [0.25, 0.3) is 11.3 Å². The predicted octanol–water partition coefficient (Wildman–Crippen LogP) is 1.98. The molecule has 0 aliphatic carbocycles. The van der Waals surface area contributed by atoms with E-state index in [-0.39, 0.29) is 22.7 Å². The van der Waals surface area contributed by atoms with Crippen molar-refractivity contribution in [3.05, 3.63) is 57.9 Å². The van der Waals surface area contributed by atoms with Crippen LogP contribution in [-0.2, 0) is 6.54 Å². The lowest BCUT2D eigenvalue weighted by molar-refractivity contribution is 0.814. The van der Waals surface area contributed by atoms with Gasteiger partial charge in [-0.3, -0.25) is 4.79 Å². The zero-order valence-corrected chi connectivity index (χ0v) is 11.8. The standard InChI is InChI=1S/C15H13N3OS/c1-10-2-4-11(5-3-10)13-7-6-12(8-16)15(19)18(13)9-14(17)20/h2-7H,9H2,1H3,(H2,17,20). The van der Waals surface area contributed by atoms with Gasteiger partial charge in [-0.05, 0) is 24.6 Å². The lowest BCUT2D eigenvalue weighted by Gasteiger charge is -2.13. The molecule has 20 heavy (non-hydrogen) atoms. The first-order chi connectivity index (χ1) is 9.52. The molecule has 0 radical (unpaired) electrons. The van der Waals surface area contributed by atoms with Gasteiger partial charge in [-0.2, -0.15) is 5.26 Å². The number of aromatic nitrogens is 1. The van der Waals surface area contributed by atoms with E-state index in [2.05, 4.69) is 0 Å². The Morgan fingerprint density at radius 1 is 1.30 bits per heavy atom. The van der Waals surface area contributed by atoms with Gasteiger partial charge < -0.3 is 10.3 Å². The average molecular weight is 283 g/mol. The number of pyridine rings is 1. The van der Waals surface area contributed by atoms with E-state index in [1.165, 1.54) is 10.6 Å². The van der Waals surface area contributed by atoms with Gasteiger partial charge in [0.05, 0.1) is 17.2 Å². The Morgan fingerprint density at radius 3 is 2.50 bits per heavy atom. The molecule has 1 heterocycles. The number of hydrogen-bond donors (Lipinski definition) is 1. The van der Waals surface area contributed by atoms with Crippen LogP contribution in [-0.4, -0.2) is 9.56 Å². The molecule has 0 aliphatic rings. The third-order valence-corrected chi connectivity index (χ3v) is 3.09. The molecule has 2 N–H and O–H groups in total. The monoisotopic (exact) mass is 283 g/mol. The molecule has 2 rings (SSSR count). The third kappa shape index (κ3) is 2.76. The van der Waals surface area contributed by atoms with Crippen LogP contribution in [0.1, 0.15) is 11.1 Å². The van der Waals surface area contributed by atoms with Gasteiger partial charge >= 0.3 is 0 Å². The van der Waals surface area contributed by atoms with Crippen molar-refractivity contribution in [1.29, 1.82) is 5.26 Å². The zero-order chi connectivity index (χ0) is 14.7. The van der Waals surface area contributed by atoms with E-state index in [0.717, 1.165) is 11.1 Å². The molecule has 0 unspecified atom stereocenters. The molecule has 100 valence electrons. The second-order valence-electron chi connectivity index (χ2n) is 4.47. The predicted molar refractivity (Wildman–Crippen MR) is 82.4 cm³/mol. The number of aryl methyl sites for hydroxylation is 1. The first kappa shape index (κ1) is 14.0. The number of benzene rings is 1. The molecule has 5 heteroatoms. The summed E-state index contributed by atoms with van der Waals surface area (Å²) in [6.07, 6.45) is 0. The molecule has 0 bridgehead atoms. The van der Waals surface area contributed by atoms with Gasteiger partial charge in [-0.1, -0.05) is 42.0 Å². The summed E-state index contributed by atoms with van der Waals surface area (Å²) in [4.78, 5) is 12.4. The van der Waals surface area contributed by atoms with E-state index >= 15 is 0 Å². The minimum Gasteiger partial charge on any atom is -0.392 e. The molecular formula is C15H13N3OS. The van der Waals surface area contributed by atoms with Gasteiger partial charge in [-0.15, -0.1) is 0 Å². The van der Waals surface area contributed by atoms with Crippen LogP contribution in [0.3, 0.4) is 0 Å². The molecule has 0 fully saturated rings. The quantitative estimate of drug-likeness (QED) is 0.874. The Kier molecular flexibility index (Phi) is 3.97. The van der Waals surface area contributed by atoms with Gasteiger partial charge in [0.1, 0.15) is 11.6 Å². The number of nitrogens with zero attached hydrogens (tertiary/aromatic N) is 2. The zero-order valence-electron chi connectivity index (χ0n) is 11.0. The molecule has 1 aromatic carbocycles. The lowest BCUT2D eigenvalue weighted by Crippen LogP contribution is -2.29. The molecule has 1 aromatic heterocycles. The first-order valence-corrected chi connectivity index (χ1v) is 6.43. The minimum absolute atomic E-state index is 0.0807. The van der Waals surface area contributed by atoms with Crippen molar-refractivity contribution < 1.29 is 0 Å². The number of rotatable bonds is 3. The number of nitriles is 1. The van der Waals surface area contributed by atoms with Crippen molar-refractivity contribution in [2.24, 2.45) is 5.73 Å². The Labute approximate surface area is 122 Å². The maximum absolute atomic E-state index is 12.2. The van der Waals surface area contributed by atoms with Crippen LogP contribution in [0.2, 0.25) is 0 Å². The molecule has 0 aliphatic heterocycles. The highest BCUT2D eigenvalue weighted by Crippen LogP contribution is 2.19. The maximum Gasteiger partial charge on any atom is 0.269 e. The highest BCUT2D eigenvalue weighted by molar-refractivity contribution is 7.80. The van der Waals surface area contributed by atoms with Gasteiger partial charge in [0, 0.05) is 0 Å². The summed E-state index contributed by atoms with van der Waals surface area (Å²) in [5.74, 6) is 0. The van der Waals surface area contributed by atoms with Gasteiger partial charge in [0.25, 0.3) is 5.56 Å². The summed E-state index contributed by atoms with van der Waals surface area (Å²) in [7, 11) is 0. The number of hydrogen-bond acceptors (Lipinski definition) is 3. The smallest absolute Gasteiger partial charge is 0.269 e. The van der Waals surface area contributed by atoms with Crippen molar-refractivity contribution >= 4 is 17.2 Å². The van der Waals surface area contributed by atoms with E-state index in [4.69, 9.17) is 23.2 Å². The Balaban J connectivity index is 2.67. The van der Waals surface area contributed by atoms with Crippen molar-refractivity contribution in [1.82, 2.24) is 4.57 Å². The van der Waals surface area contributed by atoms with Crippen LogP contribution in [0.15, 0.2) is 41.2 Å². The molecule has 0 saturated carbocycles. The largest absolute Gasteiger partial charge is 0.392 e. The van der Waals surface area contributed by atoms with Crippen molar-refractivity contribution in [3.63, 3.8) is 0 Å². The van der Waals surface area contributed by atoms with Crippen molar-refractivity contribution in [2.75, 3.05) is 0 Å². The normalized spacial score (nSPS) is 10.0. The third-order valence-electron chi connectivity index (χ3n) is 2.96. The summed E-state index contributed by atoms with van der Waals surface area (Å²) < 4.78 is 1.44. The molecule has 0 saturated heterocycles. The highest BCUT2D eigenvalue weighted by atomic mass is 32.1. The van der Waals surface area contributed by atoms with Crippen LogP contribution in [0.5, 0.6) is 0 Å². The Bertz CT molecular complexity index is 754. The second-order valence-corrected chi connectivity index (χ2v) is 4.99. The molecule has 2 aromatic rings. The summed E-state index contributed by atoms with van der Waals surface area (Å²) in [6, 6.07) is 12.9. The SMILES string of the molecule is Cc1ccc(-c2ccc(C#N)c(=O)n2CC(N)=S)cc1. The fourth-order valence-electron chi connectivity index (χ4n) is 1.95. The van der Waals surface area contributed by atoms with E-state index in [1.54, 1.807) is 6.07 Å². The Morgan fingerprint density at radius 2 is 1.95 bits per heavy atom. The van der Waals surface area contributed by atoms with Crippen molar-refractivity contribution in [3.8, 4) is 17.3 Å². The molecule has 0 atom stereocenters. The molecule has 4 nitrogen and oxygen atoms in total. The van der Waals surface area contributed by atoms with Crippen LogP contribution >= 0.6 is 12.2 Å². The van der Waals surface area contributed by atoms with Crippen LogP contribution < -0.4 is 11.3 Å². The van der Waals surface area contributed by atoms with Crippen molar-refractivity contribution in [2.45, 2.75) is 13.5 Å². The summed E-state index contributed by atoms with van der Waals surface area (Å²) in [5, 5.41) is 8.95. The van der Waals surface area contributed by atoms with E-state index in [9.17, 15) is 4.79 Å². The summed E-state index contributed by atoms with van der Waals surface area (Å²) in [6.45, 7) is 2.11. The first-order valence-electron chi connectivity index (χ1n) is 6.02. The number of thiocarbonyl (C=S) groups is 1. The fraction of sp³-hybridized carbons (Fsp3) is 0.133. The summed E-state index contributed by atoms with van der Waals surface area (Å²) >= 11 is 4.88. The lowest BCUT2D eigenvalue weighted by atomic mass is 10.1. The van der Waals surface area contributed by atoms with Crippen LogP contribution in [0, 0.1) is 18.3 Å². The molecular weight excluding hydrogens is 270 g/mol. The van der Waals surface area contributed by atoms with E-state index in [0.29, 0.717) is 5.69 Å². The topological polar surface area (TPSA) is 71.8 Å². The highest BCUT2D eigenvalue weighted by Gasteiger charge is 2.11. The summed E-state index contributed by atoms with van der Waals surface area (Å²) in [5.41, 5.74) is 7.96. The Hall–Kier alpha value is -2.45. The van der Waals surface area contributed by atoms with Crippen LogP contribution in [0.4, 0.5) is 0 Å². The van der Waals surface area contributed by atoms with Gasteiger partial charge in [-0.25, -0.2) is 0 Å². The molecule has 0 spiro atoms. The number of nitrogens with two attached hydrogens (primary N) is 1.